The number of aliphatic carboxylic acids is 1. The Morgan fingerprint density at radius 2 is 1.67 bits per heavy atom. The molecule has 0 saturated carbocycles. The lowest BCUT2D eigenvalue weighted by Crippen LogP contribution is -2.51. The largest absolute Gasteiger partial charge is 0.480 e. The van der Waals surface area contributed by atoms with Gasteiger partial charge < -0.3 is 5.11 Å². The molecule has 0 aromatic carbocycles. The van der Waals surface area contributed by atoms with Crippen molar-refractivity contribution in [3.8, 4) is 0 Å². The number of carbonyl (C=O) groups is 1. The van der Waals surface area contributed by atoms with E-state index in [1.807, 2.05) is 20.8 Å². The molecule has 1 rings (SSSR count). The first kappa shape index (κ1) is 15.4. The van der Waals surface area contributed by atoms with Crippen molar-refractivity contribution in [2.24, 2.45) is 5.41 Å². The standard InChI is InChI=1S/C11H22N2O4S/c1-11(2,3)9-18(16,17)13-6-4-12(5-7-13)8-10(14)15/h4-9H2,1-3H3,(H,14,15). The number of nitrogens with zero attached hydrogens (tertiary/aromatic N) is 2. The predicted octanol–water partition coefficient (Wildman–Crippen LogP) is 0.0645. The van der Waals surface area contributed by atoms with Crippen LogP contribution in [-0.4, -0.2) is 67.2 Å². The second-order valence-electron chi connectivity index (χ2n) is 5.89. The first-order chi connectivity index (χ1) is 8.10. The van der Waals surface area contributed by atoms with Crippen molar-refractivity contribution >= 4 is 16.0 Å². The van der Waals surface area contributed by atoms with Crippen molar-refractivity contribution < 1.29 is 18.3 Å². The molecule has 0 bridgehead atoms. The molecule has 1 aliphatic heterocycles. The number of rotatable bonds is 4. The van der Waals surface area contributed by atoms with Gasteiger partial charge in [0.15, 0.2) is 0 Å². The number of carboxylic acids is 1. The van der Waals surface area contributed by atoms with Gasteiger partial charge in [-0.3, -0.25) is 9.69 Å². The normalized spacial score (nSPS) is 19.9. The Labute approximate surface area is 109 Å². The van der Waals surface area contributed by atoms with Crippen molar-refractivity contribution in [1.29, 1.82) is 0 Å². The van der Waals surface area contributed by atoms with Gasteiger partial charge >= 0.3 is 5.97 Å². The zero-order chi connectivity index (χ0) is 14.0. The highest BCUT2D eigenvalue weighted by Crippen LogP contribution is 2.19. The van der Waals surface area contributed by atoms with Crippen LogP contribution >= 0.6 is 0 Å². The van der Waals surface area contributed by atoms with Gasteiger partial charge in [0.1, 0.15) is 0 Å². The van der Waals surface area contributed by atoms with Gasteiger partial charge in [0.25, 0.3) is 0 Å². The van der Waals surface area contributed by atoms with E-state index in [4.69, 9.17) is 5.11 Å². The van der Waals surface area contributed by atoms with E-state index < -0.39 is 16.0 Å². The summed E-state index contributed by atoms with van der Waals surface area (Å²) in [5.74, 6) is -0.750. The topological polar surface area (TPSA) is 77.9 Å². The molecule has 0 radical (unpaired) electrons. The van der Waals surface area contributed by atoms with E-state index in [9.17, 15) is 13.2 Å². The first-order valence-corrected chi connectivity index (χ1v) is 7.63. The molecule has 0 atom stereocenters. The van der Waals surface area contributed by atoms with E-state index >= 15 is 0 Å². The molecule has 1 N–H and O–H groups in total. The van der Waals surface area contributed by atoms with Crippen molar-refractivity contribution in [3.63, 3.8) is 0 Å². The maximum Gasteiger partial charge on any atom is 0.317 e. The molecule has 7 heteroatoms. The molecule has 0 aliphatic carbocycles. The summed E-state index contributed by atoms with van der Waals surface area (Å²) in [7, 11) is -3.23. The summed E-state index contributed by atoms with van der Waals surface area (Å²) in [4.78, 5) is 12.3. The fraction of sp³-hybridized carbons (Fsp3) is 0.909. The van der Waals surface area contributed by atoms with Crippen molar-refractivity contribution in [1.82, 2.24) is 9.21 Å². The average molecular weight is 278 g/mol. The summed E-state index contributed by atoms with van der Waals surface area (Å²) in [6.07, 6.45) is 0. The van der Waals surface area contributed by atoms with Crippen LogP contribution in [0.3, 0.4) is 0 Å². The maximum atomic E-state index is 12.1. The van der Waals surface area contributed by atoms with Gasteiger partial charge in [0.2, 0.25) is 10.0 Å². The maximum absolute atomic E-state index is 12.1. The molecule has 1 aliphatic rings. The molecule has 1 saturated heterocycles. The average Bonchev–Trinajstić information content (AvgIpc) is 2.13. The summed E-state index contributed by atoms with van der Waals surface area (Å²) in [6.45, 7) is 7.39. The SMILES string of the molecule is CC(C)(C)CS(=O)(=O)N1CCN(CC(=O)O)CC1. The zero-order valence-electron chi connectivity index (χ0n) is 11.2. The lowest BCUT2D eigenvalue weighted by molar-refractivity contribution is -0.138. The summed E-state index contributed by atoms with van der Waals surface area (Å²) in [5, 5.41) is 8.67. The third-order valence-corrected chi connectivity index (χ3v) is 5.08. The molecule has 18 heavy (non-hydrogen) atoms. The van der Waals surface area contributed by atoms with Crippen molar-refractivity contribution in [2.75, 3.05) is 38.5 Å². The molecule has 106 valence electrons. The van der Waals surface area contributed by atoms with Gasteiger partial charge in [-0.05, 0) is 5.41 Å². The Hall–Kier alpha value is -0.660. The Morgan fingerprint density at radius 1 is 1.17 bits per heavy atom. The molecule has 0 aromatic heterocycles. The minimum absolute atomic E-state index is 0.0207. The van der Waals surface area contributed by atoms with Crippen LogP contribution in [0.5, 0.6) is 0 Å². The Kier molecular flexibility index (Phi) is 4.74. The lowest BCUT2D eigenvalue weighted by atomic mass is 10.0. The quantitative estimate of drug-likeness (QED) is 0.787. The van der Waals surface area contributed by atoms with Crippen LogP contribution in [0.2, 0.25) is 0 Å². The molecule has 0 unspecified atom stereocenters. The van der Waals surface area contributed by atoms with Crippen molar-refractivity contribution in [2.45, 2.75) is 20.8 Å². The van der Waals surface area contributed by atoms with E-state index in [-0.39, 0.29) is 17.7 Å². The number of carboxylic acid groups (broad SMARTS) is 1. The Balaban J connectivity index is 2.55. The third-order valence-electron chi connectivity index (χ3n) is 2.70. The molecule has 0 aromatic rings. The highest BCUT2D eigenvalue weighted by molar-refractivity contribution is 7.89. The Morgan fingerprint density at radius 3 is 2.06 bits per heavy atom. The van der Waals surface area contributed by atoms with Gasteiger partial charge in [-0.1, -0.05) is 20.8 Å². The van der Waals surface area contributed by atoms with Crippen LogP contribution in [-0.2, 0) is 14.8 Å². The van der Waals surface area contributed by atoms with Crippen LogP contribution in [0.4, 0.5) is 0 Å². The number of piperazine rings is 1. The van der Waals surface area contributed by atoms with Crippen LogP contribution in [0, 0.1) is 5.41 Å². The second-order valence-corrected chi connectivity index (χ2v) is 7.85. The fourth-order valence-corrected chi connectivity index (χ4v) is 3.99. The molecular weight excluding hydrogens is 256 g/mol. The summed E-state index contributed by atoms with van der Waals surface area (Å²) in [6, 6.07) is 0. The zero-order valence-corrected chi connectivity index (χ0v) is 12.0. The lowest BCUT2D eigenvalue weighted by Gasteiger charge is -2.34. The van der Waals surface area contributed by atoms with Crippen LogP contribution < -0.4 is 0 Å². The molecule has 0 spiro atoms. The van der Waals surface area contributed by atoms with Gasteiger partial charge in [0, 0.05) is 26.2 Å². The van der Waals surface area contributed by atoms with E-state index in [0.717, 1.165) is 0 Å². The van der Waals surface area contributed by atoms with Gasteiger partial charge in [-0.15, -0.1) is 0 Å². The minimum atomic E-state index is -3.23. The number of hydrogen-bond acceptors (Lipinski definition) is 4. The van der Waals surface area contributed by atoms with Gasteiger partial charge in [-0.25, -0.2) is 8.42 Å². The predicted molar refractivity (Wildman–Crippen MR) is 68.9 cm³/mol. The molecule has 1 fully saturated rings. The van der Waals surface area contributed by atoms with E-state index in [1.165, 1.54) is 4.31 Å². The second kappa shape index (κ2) is 5.54. The monoisotopic (exact) mass is 278 g/mol. The first-order valence-electron chi connectivity index (χ1n) is 6.02. The summed E-state index contributed by atoms with van der Waals surface area (Å²) < 4.78 is 25.7. The molecule has 6 nitrogen and oxygen atoms in total. The van der Waals surface area contributed by atoms with E-state index in [1.54, 1.807) is 4.90 Å². The van der Waals surface area contributed by atoms with Gasteiger partial charge in [-0.2, -0.15) is 4.31 Å². The van der Waals surface area contributed by atoms with Crippen LogP contribution in [0.1, 0.15) is 20.8 Å². The minimum Gasteiger partial charge on any atom is -0.480 e. The van der Waals surface area contributed by atoms with E-state index in [0.29, 0.717) is 26.2 Å². The van der Waals surface area contributed by atoms with E-state index in [2.05, 4.69) is 0 Å². The number of sulfonamides is 1. The fourth-order valence-electron chi connectivity index (χ4n) is 2.00. The summed E-state index contributed by atoms with van der Waals surface area (Å²) in [5.41, 5.74) is -0.267. The molecule has 1 heterocycles. The molecular formula is C11H22N2O4S. The van der Waals surface area contributed by atoms with Crippen molar-refractivity contribution in [3.05, 3.63) is 0 Å². The highest BCUT2D eigenvalue weighted by Gasteiger charge is 2.30. The van der Waals surface area contributed by atoms with Gasteiger partial charge in [0.05, 0.1) is 12.3 Å². The third kappa shape index (κ3) is 4.91. The molecule has 0 amide bonds. The highest BCUT2D eigenvalue weighted by atomic mass is 32.2. The smallest absolute Gasteiger partial charge is 0.317 e. The summed E-state index contributed by atoms with van der Waals surface area (Å²) >= 11 is 0. The Bertz CT molecular complexity index is 392. The number of hydrogen-bond donors (Lipinski definition) is 1. The van der Waals surface area contributed by atoms with Crippen LogP contribution in [0.25, 0.3) is 0 Å². The van der Waals surface area contributed by atoms with Crippen LogP contribution in [0.15, 0.2) is 0 Å².